The predicted molar refractivity (Wildman–Crippen MR) is 125 cm³/mol. The molecule has 0 aromatic heterocycles. The van der Waals surface area contributed by atoms with Crippen LogP contribution in [-0.4, -0.2) is 67.3 Å². The van der Waals surface area contributed by atoms with E-state index in [1.54, 1.807) is 47.0 Å². The van der Waals surface area contributed by atoms with Crippen molar-refractivity contribution in [3.8, 4) is 5.75 Å². The highest BCUT2D eigenvalue weighted by molar-refractivity contribution is 8.00. The molecule has 1 aliphatic rings. The van der Waals surface area contributed by atoms with Gasteiger partial charge in [-0.15, -0.1) is 11.8 Å². The highest BCUT2D eigenvalue weighted by Gasteiger charge is 2.31. The second kappa shape index (κ2) is 10.5. The van der Waals surface area contributed by atoms with Gasteiger partial charge in [-0.2, -0.15) is 4.31 Å². The van der Waals surface area contributed by atoms with Crippen molar-refractivity contribution in [3.63, 3.8) is 0 Å². The standard InChI is InChI=1S/C23H30N2O4S2/c1-18-15-19(2)17-21(16-18)29-13-14-30-20(3)23(26)24-9-11-25(12-10-24)31(27,28)22-7-5-4-6-8-22/h4-8,15-17,20H,9-14H2,1-3H3. The summed E-state index contributed by atoms with van der Waals surface area (Å²) in [6, 6.07) is 14.6. The molecule has 2 aromatic rings. The maximum atomic E-state index is 12.8. The Hall–Kier alpha value is -2.03. The molecule has 1 amide bonds. The average Bonchev–Trinajstić information content (AvgIpc) is 2.76. The molecular weight excluding hydrogens is 432 g/mol. The fourth-order valence-corrected chi connectivity index (χ4v) is 5.89. The lowest BCUT2D eigenvalue weighted by Crippen LogP contribution is -2.52. The van der Waals surface area contributed by atoms with Gasteiger partial charge >= 0.3 is 0 Å². The van der Waals surface area contributed by atoms with Crippen molar-refractivity contribution < 1.29 is 17.9 Å². The van der Waals surface area contributed by atoms with Gasteiger partial charge in [-0.1, -0.05) is 24.3 Å². The van der Waals surface area contributed by atoms with Gasteiger partial charge in [0.25, 0.3) is 0 Å². The molecule has 1 saturated heterocycles. The van der Waals surface area contributed by atoms with E-state index >= 15 is 0 Å². The largest absolute Gasteiger partial charge is 0.493 e. The predicted octanol–water partition coefficient (Wildman–Crippen LogP) is 3.34. The van der Waals surface area contributed by atoms with Gasteiger partial charge in [0.15, 0.2) is 0 Å². The molecule has 0 aliphatic carbocycles. The molecule has 2 aromatic carbocycles. The summed E-state index contributed by atoms with van der Waals surface area (Å²) in [6.07, 6.45) is 0. The van der Waals surface area contributed by atoms with Crippen LogP contribution < -0.4 is 4.74 Å². The van der Waals surface area contributed by atoms with Crippen LogP contribution in [0, 0.1) is 13.8 Å². The molecule has 31 heavy (non-hydrogen) atoms. The third-order valence-electron chi connectivity index (χ3n) is 5.19. The highest BCUT2D eigenvalue weighted by Crippen LogP contribution is 2.20. The molecule has 1 fully saturated rings. The van der Waals surface area contributed by atoms with Gasteiger partial charge in [-0.3, -0.25) is 4.79 Å². The first-order valence-corrected chi connectivity index (χ1v) is 12.9. The van der Waals surface area contributed by atoms with E-state index in [1.807, 2.05) is 32.9 Å². The molecule has 168 valence electrons. The number of hydrogen-bond acceptors (Lipinski definition) is 5. The first-order valence-electron chi connectivity index (χ1n) is 10.4. The minimum atomic E-state index is -3.51. The molecule has 6 nitrogen and oxygen atoms in total. The van der Waals surface area contributed by atoms with Crippen molar-refractivity contribution in [1.82, 2.24) is 9.21 Å². The van der Waals surface area contributed by atoms with E-state index in [4.69, 9.17) is 4.74 Å². The number of rotatable bonds is 8. The normalized spacial score (nSPS) is 16.2. The van der Waals surface area contributed by atoms with Crippen LogP contribution in [0.15, 0.2) is 53.4 Å². The summed E-state index contributed by atoms with van der Waals surface area (Å²) < 4.78 is 32.7. The molecular formula is C23H30N2O4S2. The Morgan fingerprint density at radius 3 is 2.26 bits per heavy atom. The first-order chi connectivity index (χ1) is 14.8. The number of piperazine rings is 1. The summed E-state index contributed by atoms with van der Waals surface area (Å²) >= 11 is 1.56. The Morgan fingerprint density at radius 2 is 1.65 bits per heavy atom. The SMILES string of the molecule is Cc1cc(C)cc(OCCSC(C)C(=O)N2CCN(S(=O)(=O)c3ccccc3)CC2)c1. The number of aryl methyl sites for hydroxylation is 2. The molecule has 1 atom stereocenters. The summed E-state index contributed by atoms with van der Waals surface area (Å²) in [7, 11) is -3.51. The number of hydrogen-bond donors (Lipinski definition) is 0. The highest BCUT2D eigenvalue weighted by atomic mass is 32.2. The van der Waals surface area contributed by atoms with E-state index in [0.717, 1.165) is 5.75 Å². The summed E-state index contributed by atoms with van der Waals surface area (Å²) in [5.74, 6) is 1.61. The smallest absolute Gasteiger partial charge is 0.243 e. The summed E-state index contributed by atoms with van der Waals surface area (Å²) in [6.45, 7) is 7.97. The number of amides is 1. The molecule has 0 radical (unpaired) electrons. The van der Waals surface area contributed by atoms with E-state index in [2.05, 4.69) is 6.07 Å². The van der Waals surface area contributed by atoms with E-state index in [0.29, 0.717) is 43.4 Å². The second-order valence-corrected chi connectivity index (χ2v) is 11.1. The zero-order valence-electron chi connectivity index (χ0n) is 18.3. The topological polar surface area (TPSA) is 66.9 Å². The number of ether oxygens (including phenoxy) is 1. The third kappa shape index (κ3) is 6.24. The Balaban J connectivity index is 1.43. The maximum Gasteiger partial charge on any atom is 0.243 e. The minimum Gasteiger partial charge on any atom is -0.493 e. The van der Waals surface area contributed by atoms with Crippen LogP contribution in [0.5, 0.6) is 5.75 Å². The van der Waals surface area contributed by atoms with Crippen molar-refractivity contribution in [3.05, 3.63) is 59.7 Å². The zero-order chi connectivity index (χ0) is 22.4. The Morgan fingerprint density at radius 1 is 1.03 bits per heavy atom. The van der Waals surface area contributed by atoms with Crippen molar-refractivity contribution in [2.75, 3.05) is 38.5 Å². The van der Waals surface area contributed by atoms with E-state index in [9.17, 15) is 13.2 Å². The number of carbonyl (C=O) groups excluding carboxylic acids is 1. The van der Waals surface area contributed by atoms with Crippen LogP contribution in [-0.2, 0) is 14.8 Å². The Bertz CT molecular complexity index is 968. The molecule has 1 unspecified atom stereocenters. The van der Waals surface area contributed by atoms with Crippen molar-refractivity contribution >= 4 is 27.7 Å². The van der Waals surface area contributed by atoms with Crippen LogP contribution in [0.4, 0.5) is 0 Å². The van der Waals surface area contributed by atoms with Crippen LogP contribution in [0.3, 0.4) is 0 Å². The van der Waals surface area contributed by atoms with Gasteiger partial charge in [0.2, 0.25) is 15.9 Å². The van der Waals surface area contributed by atoms with Crippen LogP contribution in [0.25, 0.3) is 0 Å². The molecule has 8 heteroatoms. The summed E-state index contributed by atoms with van der Waals surface area (Å²) in [4.78, 5) is 14.8. The molecule has 3 rings (SSSR count). The molecule has 0 spiro atoms. The molecule has 0 saturated carbocycles. The Labute approximate surface area is 189 Å². The minimum absolute atomic E-state index is 0.0492. The van der Waals surface area contributed by atoms with E-state index < -0.39 is 10.0 Å². The average molecular weight is 463 g/mol. The fourth-order valence-electron chi connectivity index (χ4n) is 3.62. The van der Waals surface area contributed by atoms with E-state index in [1.165, 1.54) is 15.4 Å². The van der Waals surface area contributed by atoms with Crippen molar-refractivity contribution in [2.45, 2.75) is 30.9 Å². The monoisotopic (exact) mass is 462 g/mol. The fraction of sp³-hybridized carbons (Fsp3) is 0.435. The molecule has 1 aliphatic heterocycles. The van der Waals surface area contributed by atoms with Gasteiger partial charge in [-0.05, 0) is 56.2 Å². The molecule has 1 heterocycles. The zero-order valence-corrected chi connectivity index (χ0v) is 19.9. The lowest BCUT2D eigenvalue weighted by atomic mass is 10.1. The van der Waals surface area contributed by atoms with Gasteiger partial charge in [0.1, 0.15) is 5.75 Å². The summed E-state index contributed by atoms with van der Waals surface area (Å²) in [5, 5.41) is -0.194. The third-order valence-corrected chi connectivity index (χ3v) is 8.21. The first kappa shape index (κ1) is 23.6. The number of carbonyl (C=O) groups is 1. The molecule has 0 N–H and O–H groups in total. The number of nitrogens with zero attached hydrogens (tertiary/aromatic N) is 2. The quantitative estimate of drug-likeness (QED) is 0.563. The van der Waals surface area contributed by atoms with Gasteiger partial charge in [0.05, 0.1) is 16.8 Å². The summed E-state index contributed by atoms with van der Waals surface area (Å²) in [5.41, 5.74) is 2.33. The second-order valence-electron chi connectivity index (χ2n) is 7.73. The van der Waals surface area contributed by atoms with Gasteiger partial charge in [0, 0.05) is 31.9 Å². The van der Waals surface area contributed by atoms with E-state index in [-0.39, 0.29) is 11.2 Å². The maximum absolute atomic E-state index is 12.8. The molecule has 0 bridgehead atoms. The number of sulfonamides is 1. The van der Waals surface area contributed by atoms with Crippen LogP contribution >= 0.6 is 11.8 Å². The van der Waals surface area contributed by atoms with Crippen molar-refractivity contribution in [2.24, 2.45) is 0 Å². The number of thioether (sulfide) groups is 1. The van der Waals surface area contributed by atoms with Crippen molar-refractivity contribution in [1.29, 1.82) is 0 Å². The van der Waals surface area contributed by atoms with Gasteiger partial charge in [-0.25, -0.2) is 8.42 Å². The number of benzene rings is 2. The van der Waals surface area contributed by atoms with Crippen LogP contribution in [0.2, 0.25) is 0 Å². The van der Waals surface area contributed by atoms with Crippen LogP contribution in [0.1, 0.15) is 18.1 Å². The van der Waals surface area contributed by atoms with Gasteiger partial charge < -0.3 is 9.64 Å². The lowest BCUT2D eigenvalue weighted by molar-refractivity contribution is -0.131. The lowest BCUT2D eigenvalue weighted by Gasteiger charge is -2.35. The Kier molecular flexibility index (Phi) is 8.02.